The van der Waals surface area contributed by atoms with E-state index in [2.05, 4.69) is 13.2 Å². The normalized spacial score (nSPS) is 8.29. The monoisotopic (exact) mass is 186 g/mol. The molecular weight excluding hydrogens is 172 g/mol. The van der Waals surface area contributed by atoms with E-state index in [0.717, 1.165) is 16.7 Å². The second-order valence-electron chi connectivity index (χ2n) is 3.12. The second kappa shape index (κ2) is 5.78. The average molecular weight is 186 g/mol. The summed E-state index contributed by atoms with van der Waals surface area (Å²) in [5, 5.41) is 17.4. The van der Waals surface area contributed by atoms with Crippen LogP contribution >= 0.6 is 0 Å². The van der Waals surface area contributed by atoms with Crippen LogP contribution in [0, 0.1) is 22.7 Å². The summed E-state index contributed by atoms with van der Waals surface area (Å²) in [6.45, 7) is 11.4. The number of allylic oxidation sites excluding steroid dienone is 4. The van der Waals surface area contributed by atoms with Gasteiger partial charge in [0.1, 0.15) is 17.7 Å². The number of nitriles is 2. The zero-order valence-corrected chi connectivity index (χ0v) is 8.72. The zero-order chi connectivity index (χ0) is 11.1. The van der Waals surface area contributed by atoms with E-state index < -0.39 is 0 Å². The van der Waals surface area contributed by atoms with Crippen LogP contribution in [0.4, 0.5) is 0 Å². The van der Waals surface area contributed by atoms with Crippen LogP contribution in [0.2, 0.25) is 0 Å². The minimum Gasteiger partial charge on any atom is -0.192 e. The van der Waals surface area contributed by atoms with Gasteiger partial charge in [0.2, 0.25) is 0 Å². The van der Waals surface area contributed by atoms with Crippen molar-refractivity contribution in [2.24, 2.45) is 0 Å². The first-order chi connectivity index (χ1) is 6.56. The highest BCUT2D eigenvalue weighted by Gasteiger charge is 2.06. The van der Waals surface area contributed by atoms with E-state index in [1.165, 1.54) is 0 Å². The Morgan fingerprint density at radius 2 is 1.71 bits per heavy atom. The van der Waals surface area contributed by atoms with Crippen LogP contribution in [0.1, 0.15) is 26.7 Å². The summed E-state index contributed by atoms with van der Waals surface area (Å²) in [6, 6.07) is 3.79. The van der Waals surface area contributed by atoms with Crippen molar-refractivity contribution in [1.82, 2.24) is 0 Å². The maximum atomic E-state index is 8.70. The molecule has 0 rings (SSSR count). The summed E-state index contributed by atoms with van der Waals surface area (Å²) >= 11 is 0. The molecule has 0 aliphatic carbocycles. The fourth-order valence-electron chi connectivity index (χ4n) is 0.982. The molecule has 0 unspecified atom stereocenters. The van der Waals surface area contributed by atoms with E-state index in [0.29, 0.717) is 12.8 Å². The van der Waals surface area contributed by atoms with Crippen molar-refractivity contribution in [3.05, 3.63) is 35.5 Å². The molecule has 0 aromatic rings. The van der Waals surface area contributed by atoms with E-state index >= 15 is 0 Å². The molecule has 0 atom stereocenters. The van der Waals surface area contributed by atoms with Crippen molar-refractivity contribution in [2.75, 3.05) is 0 Å². The highest BCUT2D eigenvalue weighted by Crippen LogP contribution is 2.20. The van der Waals surface area contributed by atoms with Gasteiger partial charge in [-0.05, 0) is 30.9 Å². The Morgan fingerprint density at radius 1 is 1.21 bits per heavy atom. The molecule has 0 fully saturated rings. The molecule has 0 saturated heterocycles. The number of nitrogens with zero attached hydrogens (tertiary/aromatic N) is 2. The molecule has 0 aromatic heterocycles. The van der Waals surface area contributed by atoms with Crippen LogP contribution in [0.3, 0.4) is 0 Å². The predicted molar refractivity (Wildman–Crippen MR) is 57.1 cm³/mol. The van der Waals surface area contributed by atoms with Gasteiger partial charge >= 0.3 is 0 Å². The lowest BCUT2D eigenvalue weighted by Gasteiger charge is -2.07. The maximum Gasteiger partial charge on any atom is 0.129 e. The fourth-order valence-corrected chi connectivity index (χ4v) is 0.982. The van der Waals surface area contributed by atoms with Crippen LogP contribution in [0.15, 0.2) is 35.5 Å². The lowest BCUT2D eigenvalue weighted by molar-refractivity contribution is 0.988. The van der Waals surface area contributed by atoms with Crippen molar-refractivity contribution in [2.45, 2.75) is 26.7 Å². The van der Waals surface area contributed by atoms with Gasteiger partial charge in [-0.25, -0.2) is 0 Å². The molecule has 0 spiro atoms. The van der Waals surface area contributed by atoms with Crippen molar-refractivity contribution < 1.29 is 0 Å². The molecule has 0 aliphatic rings. The SMILES string of the molecule is C=C(C)C(=C)CC(CC)=C(C#N)C#N. The fraction of sp³-hybridized carbons (Fsp3) is 0.333. The summed E-state index contributed by atoms with van der Waals surface area (Å²) in [6.07, 6.45) is 1.27. The molecule has 72 valence electrons. The van der Waals surface area contributed by atoms with Gasteiger partial charge in [-0.1, -0.05) is 25.7 Å². The molecule has 0 radical (unpaired) electrons. The Bertz CT molecular complexity index is 343. The summed E-state index contributed by atoms with van der Waals surface area (Å²) in [5.74, 6) is 0. The van der Waals surface area contributed by atoms with Gasteiger partial charge in [-0.15, -0.1) is 0 Å². The quantitative estimate of drug-likeness (QED) is 0.499. The van der Waals surface area contributed by atoms with E-state index in [9.17, 15) is 0 Å². The van der Waals surface area contributed by atoms with Crippen LogP contribution in [0.5, 0.6) is 0 Å². The third-order valence-corrected chi connectivity index (χ3v) is 2.03. The molecule has 0 saturated carbocycles. The zero-order valence-electron chi connectivity index (χ0n) is 8.72. The first-order valence-corrected chi connectivity index (χ1v) is 4.42. The van der Waals surface area contributed by atoms with Crippen molar-refractivity contribution in [1.29, 1.82) is 10.5 Å². The van der Waals surface area contributed by atoms with Crippen molar-refractivity contribution in [3.8, 4) is 12.1 Å². The van der Waals surface area contributed by atoms with Gasteiger partial charge in [0.05, 0.1) is 0 Å². The lowest BCUT2D eigenvalue weighted by Crippen LogP contribution is -1.91. The molecule has 0 aromatic carbocycles. The molecule has 2 heteroatoms. The lowest BCUT2D eigenvalue weighted by atomic mass is 9.97. The third kappa shape index (κ3) is 3.29. The first kappa shape index (κ1) is 12.2. The van der Waals surface area contributed by atoms with Gasteiger partial charge in [0, 0.05) is 0 Å². The topological polar surface area (TPSA) is 47.6 Å². The smallest absolute Gasteiger partial charge is 0.129 e. The molecule has 0 N–H and O–H groups in total. The second-order valence-corrected chi connectivity index (χ2v) is 3.12. The summed E-state index contributed by atoms with van der Waals surface area (Å²) in [7, 11) is 0. The minimum atomic E-state index is 0.204. The number of hydrogen-bond acceptors (Lipinski definition) is 2. The van der Waals surface area contributed by atoms with Crippen LogP contribution in [-0.4, -0.2) is 0 Å². The average Bonchev–Trinajstić information content (AvgIpc) is 2.17. The Balaban J connectivity index is 4.88. The third-order valence-electron chi connectivity index (χ3n) is 2.03. The van der Waals surface area contributed by atoms with Gasteiger partial charge in [-0.2, -0.15) is 10.5 Å². The van der Waals surface area contributed by atoms with Crippen molar-refractivity contribution >= 4 is 0 Å². The Labute approximate surface area is 85.5 Å². The predicted octanol–water partition coefficient (Wildman–Crippen LogP) is 3.26. The Hall–Kier alpha value is -1.80. The van der Waals surface area contributed by atoms with Gasteiger partial charge < -0.3 is 0 Å². The molecule has 14 heavy (non-hydrogen) atoms. The van der Waals surface area contributed by atoms with Gasteiger partial charge in [0.15, 0.2) is 0 Å². The van der Waals surface area contributed by atoms with E-state index in [-0.39, 0.29) is 5.57 Å². The van der Waals surface area contributed by atoms with Crippen molar-refractivity contribution in [3.63, 3.8) is 0 Å². The first-order valence-electron chi connectivity index (χ1n) is 4.42. The molecular formula is C12H14N2. The minimum absolute atomic E-state index is 0.204. The largest absolute Gasteiger partial charge is 0.192 e. The van der Waals surface area contributed by atoms with Gasteiger partial charge in [0.25, 0.3) is 0 Å². The summed E-state index contributed by atoms with van der Waals surface area (Å²) in [5.41, 5.74) is 2.81. The molecule has 0 amide bonds. The van der Waals surface area contributed by atoms with Crippen LogP contribution in [-0.2, 0) is 0 Å². The molecule has 2 nitrogen and oxygen atoms in total. The Kier molecular flexibility index (Phi) is 5.04. The van der Waals surface area contributed by atoms with E-state index in [4.69, 9.17) is 10.5 Å². The maximum absolute atomic E-state index is 8.70. The van der Waals surface area contributed by atoms with Crippen LogP contribution in [0.25, 0.3) is 0 Å². The molecule has 0 bridgehead atoms. The van der Waals surface area contributed by atoms with E-state index in [1.807, 2.05) is 26.0 Å². The standard InChI is InChI=1S/C12H14N2/c1-5-11(12(7-13)8-14)6-10(4)9(2)3/h2,4-6H2,1,3H3. The summed E-state index contributed by atoms with van der Waals surface area (Å²) < 4.78 is 0. The highest BCUT2D eigenvalue weighted by molar-refractivity contribution is 5.43. The molecule has 0 aliphatic heterocycles. The van der Waals surface area contributed by atoms with E-state index in [1.54, 1.807) is 0 Å². The number of rotatable bonds is 4. The van der Waals surface area contributed by atoms with Gasteiger partial charge in [-0.3, -0.25) is 0 Å². The Morgan fingerprint density at radius 3 is 2.00 bits per heavy atom. The van der Waals surface area contributed by atoms with Crippen LogP contribution < -0.4 is 0 Å². The number of hydrogen-bond donors (Lipinski definition) is 0. The summed E-state index contributed by atoms with van der Waals surface area (Å²) in [4.78, 5) is 0. The molecule has 0 heterocycles. The highest BCUT2D eigenvalue weighted by atomic mass is 14.3.